The van der Waals surface area contributed by atoms with E-state index in [9.17, 15) is 22.9 Å². The van der Waals surface area contributed by atoms with Crippen molar-refractivity contribution in [2.24, 2.45) is 0 Å². The monoisotopic (exact) mass is 487 g/mol. The second kappa shape index (κ2) is 8.69. The van der Waals surface area contributed by atoms with Crippen LogP contribution in [0.3, 0.4) is 0 Å². The highest BCUT2D eigenvalue weighted by molar-refractivity contribution is 7.85. The van der Waals surface area contributed by atoms with Crippen molar-refractivity contribution < 1.29 is 32.3 Å². The third-order valence-electron chi connectivity index (χ3n) is 4.63. The van der Waals surface area contributed by atoms with Crippen LogP contribution in [0.4, 0.5) is 0 Å². The molecule has 0 aliphatic carbocycles. The first-order valence-electron chi connectivity index (χ1n) is 9.47. The van der Waals surface area contributed by atoms with E-state index in [0.717, 1.165) is 10.6 Å². The summed E-state index contributed by atoms with van der Waals surface area (Å²) < 4.78 is 39.0. The molecule has 0 saturated heterocycles. The average molecular weight is 488 g/mol. The number of nitrogens with zero attached hydrogens (tertiary/aromatic N) is 5. The Balaban J connectivity index is 1.87. The van der Waals surface area contributed by atoms with E-state index in [1.54, 1.807) is 28.9 Å². The van der Waals surface area contributed by atoms with E-state index in [1.165, 1.54) is 40.4 Å². The first kappa shape index (κ1) is 22.5. The van der Waals surface area contributed by atoms with Crippen LogP contribution < -0.4 is 14.5 Å². The molecule has 0 bridgehead atoms. The second-order valence-corrected chi connectivity index (χ2v) is 9.51. The molecule has 1 N–H and O–H groups in total. The lowest BCUT2D eigenvalue weighted by Crippen LogP contribution is -2.42. The van der Waals surface area contributed by atoms with Crippen LogP contribution in [0.25, 0.3) is 22.2 Å². The van der Waals surface area contributed by atoms with Gasteiger partial charge in [0, 0.05) is 9.67 Å². The molecule has 0 aliphatic rings. The number of hydrogen-bond acceptors (Lipinski definition) is 9. The highest BCUT2D eigenvalue weighted by Crippen LogP contribution is 2.24. The maximum Gasteiger partial charge on any atom is 0.337 e. The second-order valence-electron chi connectivity index (χ2n) is 6.91. The van der Waals surface area contributed by atoms with Crippen molar-refractivity contribution >= 4 is 27.4 Å². The van der Waals surface area contributed by atoms with Crippen molar-refractivity contribution in [2.75, 3.05) is 6.61 Å². The van der Waals surface area contributed by atoms with Gasteiger partial charge in [-0.2, -0.15) is 8.42 Å². The molecule has 2 heterocycles. The molecule has 0 fully saturated rings. The van der Waals surface area contributed by atoms with Gasteiger partial charge < -0.3 is 14.6 Å². The number of ether oxygens (including phenoxy) is 1. The summed E-state index contributed by atoms with van der Waals surface area (Å²) in [4.78, 5) is 17.4. The number of benzene rings is 2. The fourth-order valence-electron chi connectivity index (χ4n) is 2.96. The molecule has 4 rings (SSSR count). The minimum Gasteiger partial charge on any atom is -0.546 e. The van der Waals surface area contributed by atoms with Crippen LogP contribution in [0.2, 0.25) is 0 Å². The van der Waals surface area contributed by atoms with Gasteiger partial charge in [-0.3, -0.25) is 4.55 Å². The normalized spacial score (nSPS) is 11.5. The molecular formula is C20H17N5O6S2. The molecule has 0 atom stereocenters. The molecule has 0 unspecified atom stereocenters. The van der Waals surface area contributed by atoms with Crippen molar-refractivity contribution in [3.8, 4) is 28.0 Å². The molecule has 0 radical (unpaired) electrons. The number of hydrogen-bond donors (Lipinski definition) is 1. The summed E-state index contributed by atoms with van der Waals surface area (Å²) in [6.45, 7) is 3.19. The number of carboxylic acids is 1. The zero-order valence-electron chi connectivity index (χ0n) is 17.4. The topological polar surface area (TPSA) is 151 Å². The van der Waals surface area contributed by atoms with Gasteiger partial charge in [0.05, 0.1) is 22.1 Å². The number of aryl methyl sites for hydroxylation is 2. The Hall–Kier alpha value is -3.68. The number of aliphatic carboxylic acids is 1. The molecule has 2 aromatic heterocycles. The quantitative estimate of drug-likeness (QED) is 0.293. The zero-order valence-corrected chi connectivity index (χ0v) is 19.0. The third kappa shape index (κ3) is 4.74. The number of aromatic nitrogens is 5. The first-order chi connectivity index (χ1) is 15.6. The Kier molecular flexibility index (Phi) is 5.93. The molecule has 0 aliphatic heterocycles. The average Bonchev–Trinajstić information content (AvgIpc) is 3.35. The van der Waals surface area contributed by atoms with Gasteiger partial charge in [-0.15, -0.1) is 4.68 Å². The Morgan fingerprint density at radius 1 is 1.21 bits per heavy atom. The molecule has 0 saturated carbocycles. The lowest BCUT2D eigenvalue weighted by atomic mass is 10.2. The van der Waals surface area contributed by atoms with Crippen molar-refractivity contribution in [3.05, 3.63) is 59.1 Å². The third-order valence-corrected chi connectivity index (χ3v) is 6.54. The van der Waals surface area contributed by atoms with Gasteiger partial charge >= 0.3 is 5.82 Å². The van der Waals surface area contributed by atoms with Gasteiger partial charge in [0.25, 0.3) is 15.2 Å². The highest BCUT2D eigenvalue weighted by Gasteiger charge is 2.28. The summed E-state index contributed by atoms with van der Waals surface area (Å²) in [5.41, 5.74) is 1.88. The van der Waals surface area contributed by atoms with Gasteiger partial charge in [0.1, 0.15) is 23.1 Å². The highest BCUT2D eigenvalue weighted by atomic mass is 32.2. The van der Waals surface area contributed by atoms with E-state index in [-0.39, 0.29) is 4.90 Å². The van der Waals surface area contributed by atoms with Crippen LogP contribution in [0.15, 0.2) is 53.4 Å². The number of thiazole rings is 1. The van der Waals surface area contributed by atoms with E-state index in [1.807, 2.05) is 13.8 Å². The summed E-state index contributed by atoms with van der Waals surface area (Å²) >= 11 is 1.40. The maximum absolute atomic E-state index is 11.4. The fourth-order valence-corrected chi connectivity index (χ4v) is 4.29. The van der Waals surface area contributed by atoms with Gasteiger partial charge in [0.2, 0.25) is 0 Å². The Morgan fingerprint density at radius 3 is 2.55 bits per heavy atom. The Labute approximate surface area is 192 Å². The first-order valence-corrected chi connectivity index (χ1v) is 11.7. The van der Waals surface area contributed by atoms with E-state index in [2.05, 4.69) is 15.3 Å². The molecule has 2 aromatic carbocycles. The SMILES string of the molecule is Cc1nc(-n2nnc(-c3cccc(OCC(=O)[O-])c3)[n+]2-c2ccc(S(=O)(=O)O)cc2)sc1C. The fraction of sp³-hybridized carbons (Fsp3) is 0.150. The van der Waals surface area contributed by atoms with Crippen LogP contribution >= 0.6 is 11.3 Å². The van der Waals surface area contributed by atoms with Crippen LogP contribution in [-0.2, 0) is 14.9 Å². The summed E-state index contributed by atoms with van der Waals surface area (Å²) in [6, 6.07) is 12.1. The molecule has 0 amide bonds. The van der Waals surface area contributed by atoms with Gasteiger partial charge in [0.15, 0.2) is 5.21 Å². The molecule has 170 valence electrons. The van der Waals surface area contributed by atoms with Gasteiger partial charge in [-0.25, -0.2) is 4.98 Å². The standard InChI is InChI=1S/C20H17N5O6S2/c1-12-13(2)32-20(21-12)25-23-22-19(14-4-3-5-16(10-14)31-11-18(26)27)24(25)15-6-8-17(9-7-15)33(28,29)30/h3-10H,11H2,1-2H3,(H-,26,27,28,29,30). The van der Waals surface area contributed by atoms with Crippen LogP contribution in [0, 0.1) is 13.8 Å². The van der Waals surface area contributed by atoms with Gasteiger partial charge in [-0.1, -0.05) is 17.4 Å². The van der Waals surface area contributed by atoms with Crippen molar-refractivity contribution in [1.29, 1.82) is 0 Å². The van der Waals surface area contributed by atoms with Gasteiger partial charge in [-0.05, 0) is 56.3 Å². The zero-order chi connectivity index (χ0) is 23.8. The molecule has 0 spiro atoms. The number of carbonyl (C=O) groups excluding carboxylic acids is 1. The van der Waals surface area contributed by atoms with Crippen LogP contribution in [-0.4, -0.2) is 45.6 Å². The van der Waals surface area contributed by atoms with Crippen molar-refractivity contribution in [1.82, 2.24) is 20.1 Å². The van der Waals surface area contributed by atoms with Crippen LogP contribution in [0.1, 0.15) is 10.6 Å². The van der Waals surface area contributed by atoms with E-state index in [0.29, 0.717) is 28.0 Å². The number of carboxylic acid groups (broad SMARTS) is 1. The molecule has 33 heavy (non-hydrogen) atoms. The Bertz CT molecular complexity index is 1420. The lowest BCUT2D eigenvalue weighted by Gasteiger charge is -2.08. The molecule has 13 heteroatoms. The van der Waals surface area contributed by atoms with Crippen LogP contribution in [0.5, 0.6) is 5.75 Å². The van der Waals surface area contributed by atoms with E-state index in [4.69, 9.17) is 4.74 Å². The molecular weight excluding hydrogens is 470 g/mol. The van der Waals surface area contributed by atoms with Crippen molar-refractivity contribution in [2.45, 2.75) is 18.7 Å². The lowest BCUT2D eigenvalue weighted by molar-refractivity contribution is -0.669. The minimum atomic E-state index is -4.36. The largest absolute Gasteiger partial charge is 0.546 e. The maximum atomic E-state index is 11.4. The smallest absolute Gasteiger partial charge is 0.337 e. The predicted octanol–water partition coefficient (Wildman–Crippen LogP) is 0.660. The molecule has 11 nitrogen and oxygen atoms in total. The summed E-state index contributed by atoms with van der Waals surface area (Å²) in [5.74, 6) is -0.700. The summed E-state index contributed by atoms with van der Waals surface area (Å²) in [6.07, 6.45) is 0. The number of rotatable bonds is 7. The number of carbonyl (C=O) groups is 1. The Morgan fingerprint density at radius 2 is 1.94 bits per heavy atom. The molecule has 4 aromatic rings. The number of tetrazole rings is 1. The predicted molar refractivity (Wildman–Crippen MR) is 114 cm³/mol. The minimum absolute atomic E-state index is 0.258. The van der Waals surface area contributed by atoms with E-state index < -0.39 is 22.7 Å². The van der Waals surface area contributed by atoms with E-state index >= 15 is 0 Å². The summed E-state index contributed by atoms with van der Waals surface area (Å²) in [5, 5.41) is 19.8. The van der Waals surface area contributed by atoms with Crippen molar-refractivity contribution in [3.63, 3.8) is 0 Å². The summed E-state index contributed by atoms with van der Waals surface area (Å²) in [7, 11) is -4.36.